The standard InChI is InChI=1S/C6H9N.C6H10O2.C5H8O.C2H6/c1-3-6(2)4-5-7;7-4-6-2-1-3-8-5-6;6-4-5-2-1-3-5;1-2/h4H,3H2,1-2H3;4,6H,1-3,5H2;4-5H,1-3H2;1-2H3/b6-4+;;;. The molecule has 4 heteroatoms. The molecular formula is C19H33NO3. The topological polar surface area (TPSA) is 67.2 Å². The number of ether oxygens (including phenoxy) is 1. The van der Waals surface area contributed by atoms with Gasteiger partial charge >= 0.3 is 0 Å². The number of allylic oxidation sites excluding steroid dienone is 2. The number of carbonyl (C=O) groups is 2. The van der Waals surface area contributed by atoms with Crippen molar-refractivity contribution in [3.05, 3.63) is 11.6 Å². The van der Waals surface area contributed by atoms with Crippen LogP contribution in [0.4, 0.5) is 0 Å². The van der Waals surface area contributed by atoms with Crippen LogP contribution in [0.25, 0.3) is 0 Å². The summed E-state index contributed by atoms with van der Waals surface area (Å²) in [6, 6.07) is 1.96. The number of carbonyl (C=O) groups excluding carboxylic acids is 2. The molecule has 0 radical (unpaired) electrons. The second-order valence-electron chi connectivity index (χ2n) is 5.41. The highest BCUT2D eigenvalue weighted by molar-refractivity contribution is 5.54. The van der Waals surface area contributed by atoms with E-state index in [0.29, 0.717) is 12.5 Å². The molecule has 0 aromatic carbocycles. The molecular weight excluding hydrogens is 290 g/mol. The normalized spacial score (nSPS) is 19.8. The molecule has 0 amide bonds. The van der Waals surface area contributed by atoms with Crippen LogP contribution in [0.1, 0.15) is 66.2 Å². The van der Waals surface area contributed by atoms with Crippen LogP contribution in [0.3, 0.4) is 0 Å². The van der Waals surface area contributed by atoms with Crippen molar-refractivity contribution in [1.29, 1.82) is 5.26 Å². The Bertz CT molecular complexity index is 348. The molecule has 23 heavy (non-hydrogen) atoms. The third-order valence-electron chi connectivity index (χ3n) is 3.60. The Kier molecular flexibility index (Phi) is 19.2. The lowest BCUT2D eigenvalue weighted by Crippen LogP contribution is -2.17. The summed E-state index contributed by atoms with van der Waals surface area (Å²) in [5.41, 5.74) is 1.14. The molecule has 0 aromatic heterocycles. The zero-order valence-electron chi connectivity index (χ0n) is 15.2. The molecule has 0 aromatic rings. The van der Waals surface area contributed by atoms with Crippen LogP contribution in [0.15, 0.2) is 11.6 Å². The van der Waals surface area contributed by atoms with E-state index in [1.807, 2.05) is 33.8 Å². The van der Waals surface area contributed by atoms with Crippen molar-refractivity contribution in [3.8, 4) is 6.07 Å². The summed E-state index contributed by atoms with van der Waals surface area (Å²) in [5.74, 6) is 0.619. The molecule has 1 atom stereocenters. The highest BCUT2D eigenvalue weighted by Crippen LogP contribution is 2.23. The summed E-state index contributed by atoms with van der Waals surface area (Å²) < 4.78 is 5.04. The smallest absolute Gasteiger partial charge is 0.125 e. The first kappa shape index (κ1) is 23.8. The molecule has 1 aliphatic carbocycles. The molecule has 2 fully saturated rings. The SMILES string of the molecule is CC.CC/C(C)=C/C#N.O=CC1CCC1.O=CC1CCCOC1. The van der Waals surface area contributed by atoms with Gasteiger partial charge in [0, 0.05) is 24.5 Å². The van der Waals surface area contributed by atoms with Crippen LogP contribution in [0.5, 0.6) is 0 Å². The number of nitrogens with zero attached hydrogens (tertiary/aromatic N) is 1. The van der Waals surface area contributed by atoms with E-state index in [1.165, 1.54) is 6.42 Å². The van der Waals surface area contributed by atoms with Crippen molar-refractivity contribution in [2.45, 2.75) is 66.2 Å². The largest absolute Gasteiger partial charge is 0.381 e. The Morgan fingerprint density at radius 3 is 1.87 bits per heavy atom. The number of hydrogen-bond donors (Lipinski definition) is 0. The van der Waals surface area contributed by atoms with Gasteiger partial charge in [0.15, 0.2) is 0 Å². The van der Waals surface area contributed by atoms with E-state index >= 15 is 0 Å². The van der Waals surface area contributed by atoms with Crippen molar-refractivity contribution in [1.82, 2.24) is 0 Å². The number of aldehydes is 2. The van der Waals surface area contributed by atoms with Crippen molar-refractivity contribution < 1.29 is 14.3 Å². The lowest BCUT2D eigenvalue weighted by atomic mass is 9.87. The minimum absolute atomic E-state index is 0.184. The Morgan fingerprint density at radius 1 is 1.13 bits per heavy atom. The lowest BCUT2D eigenvalue weighted by molar-refractivity contribution is -0.114. The molecule has 1 heterocycles. The molecule has 1 saturated heterocycles. The van der Waals surface area contributed by atoms with E-state index in [-0.39, 0.29) is 5.92 Å². The van der Waals surface area contributed by atoms with Crippen LogP contribution in [-0.4, -0.2) is 25.8 Å². The van der Waals surface area contributed by atoms with Gasteiger partial charge in [-0.25, -0.2) is 0 Å². The second kappa shape index (κ2) is 18.6. The predicted octanol–water partition coefficient (Wildman–Crippen LogP) is 4.49. The molecule has 1 saturated carbocycles. The lowest BCUT2D eigenvalue weighted by Gasteiger charge is -2.17. The van der Waals surface area contributed by atoms with E-state index < -0.39 is 0 Å². The molecule has 0 bridgehead atoms. The number of hydrogen-bond acceptors (Lipinski definition) is 4. The van der Waals surface area contributed by atoms with Gasteiger partial charge in [-0.15, -0.1) is 0 Å². The summed E-state index contributed by atoms with van der Waals surface area (Å²) in [4.78, 5) is 19.9. The van der Waals surface area contributed by atoms with E-state index in [2.05, 4.69) is 0 Å². The van der Waals surface area contributed by atoms with Crippen LogP contribution < -0.4 is 0 Å². The second-order valence-corrected chi connectivity index (χ2v) is 5.41. The maximum absolute atomic E-state index is 10.1. The molecule has 0 N–H and O–H groups in total. The van der Waals surface area contributed by atoms with Gasteiger partial charge in [-0.1, -0.05) is 32.8 Å². The van der Waals surface area contributed by atoms with Crippen LogP contribution in [0.2, 0.25) is 0 Å². The van der Waals surface area contributed by atoms with Crippen molar-refractivity contribution >= 4 is 12.6 Å². The molecule has 1 unspecified atom stereocenters. The minimum atomic E-state index is 0.184. The van der Waals surface area contributed by atoms with Gasteiger partial charge < -0.3 is 14.3 Å². The average Bonchev–Trinajstić information content (AvgIpc) is 2.58. The van der Waals surface area contributed by atoms with Crippen LogP contribution >= 0.6 is 0 Å². The van der Waals surface area contributed by atoms with Crippen molar-refractivity contribution in [3.63, 3.8) is 0 Å². The van der Waals surface area contributed by atoms with Gasteiger partial charge in [0.1, 0.15) is 12.6 Å². The molecule has 1 aliphatic heterocycles. The van der Waals surface area contributed by atoms with E-state index in [4.69, 9.17) is 10.00 Å². The Morgan fingerprint density at radius 2 is 1.70 bits per heavy atom. The Balaban J connectivity index is 0. The monoisotopic (exact) mass is 323 g/mol. The van der Waals surface area contributed by atoms with E-state index in [1.54, 1.807) is 6.08 Å². The Hall–Kier alpha value is -1.47. The summed E-state index contributed by atoms with van der Waals surface area (Å²) in [7, 11) is 0. The average molecular weight is 323 g/mol. The van der Waals surface area contributed by atoms with Gasteiger partial charge in [-0.2, -0.15) is 5.26 Å². The first-order valence-corrected chi connectivity index (χ1v) is 8.71. The third kappa shape index (κ3) is 15.2. The number of rotatable bonds is 3. The fourth-order valence-corrected chi connectivity index (χ4v) is 1.66. The maximum atomic E-state index is 10.1. The molecule has 4 nitrogen and oxygen atoms in total. The van der Waals surface area contributed by atoms with Crippen molar-refractivity contribution in [2.24, 2.45) is 11.8 Å². The van der Waals surface area contributed by atoms with Crippen LogP contribution in [-0.2, 0) is 14.3 Å². The van der Waals surface area contributed by atoms with E-state index in [0.717, 1.165) is 56.9 Å². The Labute approximate surface area is 141 Å². The summed E-state index contributed by atoms with van der Waals surface area (Å²) >= 11 is 0. The summed E-state index contributed by atoms with van der Waals surface area (Å²) in [6.07, 6.45) is 10.2. The predicted molar refractivity (Wildman–Crippen MR) is 94.0 cm³/mol. The van der Waals surface area contributed by atoms with Crippen molar-refractivity contribution in [2.75, 3.05) is 13.2 Å². The molecule has 2 rings (SSSR count). The highest BCUT2D eigenvalue weighted by Gasteiger charge is 2.14. The number of nitriles is 1. The van der Waals surface area contributed by atoms with Gasteiger partial charge in [-0.3, -0.25) is 0 Å². The van der Waals surface area contributed by atoms with Gasteiger partial charge in [-0.05, 0) is 39.0 Å². The van der Waals surface area contributed by atoms with Gasteiger partial charge in [0.05, 0.1) is 12.7 Å². The van der Waals surface area contributed by atoms with Gasteiger partial charge in [0.2, 0.25) is 0 Å². The fraction of sp³-hybridized carbons (Fsp3) is 0.737. The third-order valence-corrected chi connectivity index (χ3v) is 3.60. The highest BCUT2D eigenvalue weighted by atomic mass is 16.5. The summed E-state index contributed by atoms with van der Waals surface area (Å²) in [6.45, 7) is 9.46. The quantitative estimate of drug-likeness (QED) is 0.567. The van der Waals surface area contributed by atoms with Gasteiger partial charge in [0.25, 0.3) is 0 Å². The fourth-order valence-electron chi connectivity index (χ4n) is 1.66. The molecule has 132 valence electrons. The zero-order chi connectivity index (χ0) is 17.9. The minimum Gasteiger partial charge on any atom is -0.381 e. The zero-order valence-corrected chi connectivity index (χ0v) is 15.2. The molecule has 0 spiro atoms. The first-order chi connectivity index (χ1) is 11.2. The van der Waals surface area contributed by atoms with Crippen LogP contribution in [0, 0.1) is 23.2 Å². The maximum Gasteiger partial charge on any atom is 0.125 e. The first-order valence-electron chi connectivity index (χ1n) is 8.71. The summed E-state index contributed by atoms with van der Waals surface area (Å²) in [5, 5.41) is 8.04. The van der Waals surface area contributed by atoms with E-state index in [9.17, 15) is 9.59 Å². The molecule has 2 aliphatic rings.